The Morgan fingerprint density at radius 3 is 2.40 bits per heavy atom. The third-order valence-electron chi connectivity index (χ3n) is 9.69. The number of ether oxygens (including phenoxy) is 1. The maximum Gasteiger partial charge on any atom is 0.275 e. The number of carbonyl (C=O) groups excluding carboxylic acids is 1. The molecule has 7 rings (SSSR count). The molecule has 1 amide bonds. The molecule has 242 valence electrons. The van der Waals surface area contributed by atoms with Crippen LogP contribution >= 0.6 is 23.2 Å². The van der Waals surface area contributed by atoms with E-state index < -0.39 is 0 Å². The van der Waals surface area contributed by atoms with Crippen LogP contribution in [-0.4, -0.2) is 38.0 Å². The summed E-state index contributed by atoms with van der Waals surface area (Å²) in [5.74, 6) is 0.816. The molecule has 0 N–H and O–H groups in total. The van der Waals surface area contributed by atoms with Crippen molar-refractivity contribution in [1.82, 2.24) is 18.9 Å². The number of aromatic nitrogens is 4. The van der Waals surface area contributed by atoms with Gasteiger partial charge in [-0.25, -0.2) is 0 Å². The number of rotatable bonds is 7. The van der Waals surface area contributed by atoms with Gasteiger partial charge in [-0.3, -0.25) is 9.48 Å². The van der Waals surface area contributed by atoms with E-state index in [1.54, 1.807) is 0 Å². The Morgan fingerprint density at radius 1 is 0.915 bits per heavy atom. The van der Waals surface area contributed by atoms with Gasteiger partial charge in [0.2, 0.25) is 0 Å². The highest BCUT2D eigenvalue weighted by Gasteiger charge is 2.33. The van der Waals surface area contributed by atoms with E-state index in [0.29, 0.717) is 31.1 Å². The fraction of sp³-hybridized carbons (Fsp3) is 0.316. The van der Waals surface area contributed by atoms with Gasteiger partial charge in [0.15, 0.2) is 0 Å². The molecule has 3 aromatic carbocycles. The quantitative estimate of drug-likeness (QED) is 0.160. The van der Waals surface area contributed by atoms with Crippen molar-refractivity contribution in [3.63, 3.8) is 0 Å². The first kappa shape index (κ1) is 31.4. The summed E-state index contributed by atoms with van der Waals surface area (Å²) in [6.07, 6.45) is 4.26. The van der Waals surface area contributed by atoms with Crippen LogP contribution in [0.1, 0.15) is 51.4 Å². The average molecular weight is 669 g/mol. The molecule has 7 nitrogen and oxygen atoms in total. The number of hydrogen-bond donors (Lipinski definition) is 0. The Labute approximate surface area is 285 Å². The Kier molecular flexibility index (Phi) is 8.09. The first-order chi connectivity index (χ1) is 22.6. The van der Waals surface area contributed by atoms with E-state index in [4.69, 9.17) is 33.0 Å². The summed E-state index contributed by atoms with van der Waals surface area (Å²) in [6.45, 7) is 9.91. The summed E-state index contributed by atoms with van der Waals surface area (Å²) in [5, 5.41) is 8.27. The third kappa shape index (κ3) is 5.20. The number of hydrogen-bond acceptors (Lipinski definition) is 3. The van der Waals surface area contributed by atoms with E-state index in [-0.39, 0.29) is 5.91 Å². The Bertz CT molecular complexity index is 2180. The minimum atomic E-state index is 0.0108. The van der Waals surface area contributed by atoms with Crippen molar-refractivity contribution in [3.8, 4) is 16.9 Å². The zero-order valence-corrected chi connectivity index (χ0v) is 29.3. The number of aryl methyl sites for hydroxylation is 7. The van der Waals surface area contributed by atoms with Gasteiger partial charge in [-0.2, -0.15) is 5.10 Å². The molecule has 0 aliphatic carbocycles. The van der Waals surface area contributed by atoms with Gasteiger partial charge >= 0.3 is 0 Å². The normalized spacial score (nSPS) is 13.5. The minimum Gasteiger partial charge on any atom is -0.494 e. The molecule has 0 bridgehead atoms. The van der Waals surface area contributed by atoms with Crippen LogP contribution in [0.15, 0.2) is 54.7 Å². The molecule has 0 unspecified atom stereocenters. The van der Waals surface area contributed by atoms with Crippen LogP contribution in [0.5, 0.6) is 5.75 Å². The first-order valence-corrected chi connectivity index (χ1v) is 16.9. The Balaban J connectivity index is 1.36. The molecule has 3 aromatic heterocycles. The Morgan fingerprint density at radius 2 is 1.68 bits per heavy atom. The highest BCUT2D eigenvalue weighted by Crippen LogP contribution is 2.43. The molecule has 0 radical (unpaired) electrons. The number of amides is 1. The molecule has 0 atom stereocenters. The summed E-state index contributed by atoms with van der Waals surface area (Å²) in [5.41, 5.74) is 10.7. The minimum absolute atomic E-state index is 0.0108. The average Bonchev–Trinajstić information content (AvgIpc) is 3.61. The maximum atomic E-state index is 14.9. The van der Waals surface area contributed by atoms with E-state index in [1.807, 2.05) is 68.7 Å². The van der Waals surface area contributed by atoms with E-state index in [2.05, 4.69) is 46.5 Å². The molecule has 0 fully saturated rings. The highest BCUT2D eigenvalue weighted by molar-refractivity contribution is 6.35. The molecular formula is C38H39Cl2N5O2. The zero-order chi connectivity index (χ0) is 33.1. The smallest absolute Gasteiger partial charge is 0.275 e. The van der Waals surface area contributed by atoms with E-state index in [9.17, 15) is 4.79 Å². The monoisotopic (exact) mass is 667 g/mol. The molecule has 1 aliphatic heterocycles. The Hall–Kier alpha value is -4.20. The number of nitrogens with zero attached hydrogens (tertiary/aromatic N) is 5. The van der Waals surface area contributed by atoms with Gasteiger partial charge in [0.05, 0.1) is 28.5 Å². The van der Waals surface area contributed by atoms with Crippen molar-refractivity contribution in [2.75, 3.05) is 18.1 Å². The summed E-state index contributed by atoms with van der Waals surface area (Å²) in [7, 11) is 3.99. The molecular weight excluding hydrogens is 629 g/mol. The van der Waals surface area contributed by atoms with Crippen molar-refractivity contribution in [2.45, 2.75) is 53.5 Å². The van der Waals surface area contributed by atoms with Gasteiger partial charge in [0.1, 0.15) is 11.4 Å². The molecule has 4 heterocycles. The second-order valence-electron chi connectivity index (χ2n) is 12.7. The van der Waals surface area contributed by atoms with Crippen LogP contribution in [-0.2, 0) is 27.1 Å². The van der Waals surface area contributed by atoms with E-state index in [0.717, 1.165) is 96.0 Å². The van der Waals surface area contributed by atoms with Crippen molar-refractivity contribution < 1.29 is 9.53 Å². The molecule has 0 saturated carbocycles. The van der Waals surface area contributed by atoms with Crippen molar-refractivity contribution >= 4 is 56.6 Å². The third-order valence-corrected chi connectivity index (χ3v) is 10.6. The highest BCUT2D eigenvalue weighted by atomic mass is 35.5. The SMILES string of the molecule is Cc1cc(OCCCc2c3n(c4c(-c5c(C)nn(C)c5C)c(Cl)ccc24)CCCN(c2cccc4c2ccn4C)C3=O)cc(C)c1Cl. The lowest BCUT2D eigenvalue weighted by molar-refractivity contribution is 0.0983. The number of anilines is 1. The molecule has 47 heavy (non-hydrogen) atoms. The predicted molar refractivity (Wildman–Crippen MR) is 193 cm³/mol. The number of fused-ring (bicyclic) bond motifs is 4. The van der Waals surface area contributed by atoms with Gasteiger partial charge in [-0.1, -0.05) is 35.3 Å². The van der Waals surface area contributed by atoms with Crippen LogP contribution in [0.25, 0.3) is 32.9 Å². The molecule has 1 aliphatic rings. The van der Waals surface area contributed by atoms with Crippen LogP contribution in [0, 0.1) is 27.7 Å². The van der Waals surface area contributed by atoms with Crippen molar-refractivity contribution in [1.29, 1.82) is 0 Å². The van der Waals surface area contributed by atoms with E-state index >= 15 is 0 Å². The second kappa shape index (κ2) is 12.1. The molecule has 0 spiro atoms. The lowest BCUT2D eigenvalue weighted by Gasteiger charge is -2.22. The second-order valence-corrected chi connectivity index (χ2v) is 13.5. The summed E-state index contributed by atoms with van der Waals surface area (Å²) in [4.78, 5) is 16.9. The van der Waals surface area contributed by atoms with E-state index in [1.165, 1.54) is 0 Å². The van der Waals surface area contributed by atoms with Crippen LogP contribution in [0.4, 0.5) is 5.69 Å². The summed E-state index contributed by atoms with van der Waals surface area (Å²) < 4.78 is 12.5. The lowest BCUT2D eigenvalue weighted by Crippen LogP contribution is -2.31. The predicted octanol–water partition coefficient (Wildman–Crippen LogP) is 9.14. The van der Waals surface area contributed by atoms with Crippen molar-refractivity contribution in [3.05, 3.63) is 98.5 Å². The van der Waals surface area contributed by atoms with Gasteiger partial charge in [0.25, 0.3) is 5.91 Å². The molecule has 9 heteroatoms. The number of carbonyl (C=O) groups is 1. The van der Waals surface area contributed by atoms with Crippen LogP contribution < -0.4 is 9.64 Å². The van der Waals surface area contributed by atoms with Crippen molar-refractivity contribution in [2.24, 2.45) is 14.1 Å². The van der Waals surface area contributed by atoms with Crippen LogP contribution in [0.3, 0.4) is 0 Å². The maximum absolute atomic E-state index is 14.9. The summed E-state index contributed by atoms with van der Waals surface area (Å²) >= 11 is 13.5. The molecule has 0 saturated heterocycles. The largest absolute Gasteiger partial charge is 0.494 e. The zero-order valence-electron chi connectivity index (χ0n) is 27.7. The fourth-order valence-corrected chi connectivity index (χ4v) is 7.74. The molecule has 6 aromatic rings. The van der Waals surface area contributed by atoms with Crippen LogP contribution in [0.2, 0.25) is 10.0 Å². The topological polar surface area (TPSA) is 57.2 Å². The van der Waals surface area contributed by atoms with Gasteiger partial charge in [-0.15, -0.1) is 0 Å². The number of benzene rings is 3. The van der Waals surface area contributed by atoms with Gasteiger partial charge in [0, 0.05) is 71.5 Å². The number of halogens is 2. The standard InChI is InChI=1S/C38H39Cl2N5O2/c1-22-20-26(21-23(2)35(22)40)47-19-8-10-27-28-13-14-30(39)34(33-24(3)41-43(6)25(33)4)36(28)45-17-9-16-44(38(46)37(27)45)32-12-7-11-31-29(32)15-18-42(31)5/h7,11-15,18,20-21H,8-10,16-17,19H2,1-6H3. The van der Waals surface area contributed by atoms with Gasteiger partial charge in [-0.05, 0) is 100 Å². The summed E-state index contributed by atoms with van der Waals surface area (Å²) in [6, 6.07) is 16.3. The lowest BCUT2D eigenvalue weighted by atomic mass is 9.98. The fourth-order valence-electron chi connectivity index (χ4n) is 7.38. The van der Waals surface area contributed by atoms with Gasteiger partial charge < -0.3 is 18.8 Å². The first-order valence-electron chi connectivity index (χ1n) is 16.2.